The van der Waals surface area contributed by atoms with Gasteiger partial charge in [0.1, 0.15) is 0 Å². The molecule has 1 fully saturated rings. The molecule has 0 aliphatic heterocycles. The van der Waals surface area contributed by atoms with E-state index in [9.17, 15) is 0 Å². The summed E-state index contributed by atoms with van der Waals surface area (Å²) in [5.74, 6) is 1.09. The summed E-state index contributed by atoms with van der Waals surface area (Å²) in [4.78, 5) is 0. The van der Waals surface area contributed by atoms with E-state index in [0.717, 1.165) is 12.8 Å². The van der Waals surface area contributed by atoms with Crippen LogP contribution < -0.4 is 0 Å². The second-order valence-corrected chi connectivity index (χ2v) is 4.12. The van der Waals surface area contributed by atoms with Crippen molar-refractivity contribution >= 4 is 11.8 Å². The normalized spacial score (nSPS) is 38.5. The van der Waals surface area contributed by atoms with Crippen molar-refractivity contribution in [1.82, 2.24) is 4.42 Å². The third-order valence-electron chi connectivity index (χ3n) is 2.65. The second kappa shape index (κ2) is 3.74. The summed E-state index contributed by atoms with van der Waals surface area (Å²) in [5.41, 5.74) is 0. The molecule has 66 valence electrons. The number of hydrogen-bond acceptors (Lipinski definition) is 2. The number of rotatable bonds is 2. The van der Waals surface area contributed by atoms with Crippen LogP contribution in [0.2, 0.25) is 0 Å². The zero-order valence-corrected chi connectivity index (χ0v) is 7.88. The number of nitrogens with zero attached hydrogens (tertiary/aromatic N) is 1. The Morgan fingerprint density at radius 2 is 2.18 bits per heavy atom. The van der Waals surface area contributed by atoms with E-state index in [1.165, 1.54) is 0 Å². The molecule has 0 amide bonds. The first-order chi connectivity index (χ1) is 5.15. The van der Waals surface area contributed by atoms with Crippen molar-refractivity contribution in [2.45, 2.75) is 25.8 Å². The van der Waals surface area contributed by atoms with Crippen LogP contribution in [0.4, 0.5) is 0 Å². The Balaban J connectivity index is 2.45. The molecule has 1 saturated carbocycles. The van der Waals surface area contributed by atoms with Crippen LogP contribution in [0.1, 0.15) is 19.8 Å². The van der Waals surface area contributed by atoms with E-state index in [4.69, 9.17) is 16.9 Å². The van der Waals surface area contributed by atoms with Crippen molar-refractivity contribution in [3.05, 3.63) is 0 Å². The van der Waals surface area contributed by atoms with Crippen LogP contribution in [0.5, 0.6) is 0 Å². The largest absolute Gasteiger partial charge is 0.396 e. The van der Waals surface area contributed by atoms with Gasteiger partial charge in [0.25, 0.3) is 0 Å². The van der Waals surface area contributed by atoms with Crippen molar-refractivity contribution in [1.29, 1.82) is 0 Å². The average Bonchev–Trinajstić information content (AvgIpc) is 2.30. The summed E-state index contributed by atoms with van der Waals surface area (Å²) in [6, 6.07) is 0.453. The van der Waals surface area contributed by atoms with E-state index in [0.29, 0.717) is 24.5 Å². The minimum Gasteiger partial charge on any atom is -0.396 e. The van der Waals surface area contributed by atoms with Crippen LogP contribution in [0, 0.1) is 11.8 Å². The van der Waals surface area contributed by atoms with E-state index < -0.39 is 0 Å². The molecule has 1 N–H and O–H groups in total. The summed E-state index contributed by atoms with van der Waals surface area (Å²) >= 11 is 5.85. The second-order valence-electron chi connectivity index (χ2n) is 3.59. The van der Waals surface area contributed by atoms with Gasteiger partial charge >= 0.3 is 0 Å². The Hall–Kier alpha value is 0.210. The summed E-state index contributed by atoms with van der Waals surface area (Å²) in [6.45, 7) is 2.50. The molecule has 2 nitrogen and oxygen atoms in total. The molecule has 0 aromatic rings. The highest BCUT2D eigenvalue weighted by molar-refractivity contribution is 6.13. The maximum atomic E-state index is 8.92. The molecule has 1 rings (SSSR count). The molecule has 0 saturated heterocycles. The first-order valence-electron chi connectivity index (χ1n) is 4.14. The summed E-state index contributed by atoms with van der Waals surface area (Å²) in [7, 11) is 1.89. The Kier molecular flexibility index (Phi) is 3.16. The van der Waals surface area contributed by atoms with Crippen molar-refractivity contribution in [3.63, 3.8) is 0 Å². The fourth-order valence-corrected chi connectivity index (χ4v) is 2.27. The first kappa shape index (κ1) is 9.30. The Labute approximate surface area is 73.3 Å². The van der Waals surface area contributed by atoms with Gasteiger partial charge in [-0.25, -0.2) is 4.42 Å². The molecular formula is C8H16ClNO. The highest BCUT2D eigenvalue weighted by Gasteiger charge is 2.32. The van der Waals surface area contributed by atoms with Crippen LogP contribution >= 0.6 is 11.8 Å². The molecule has 3 heteroatoms. The van der Waals surface area contributed by atoms with Gasteiger partial charge in [-0.05, 0) is 36.5 Å². The Bertz CT molecular complexity index is 129. The Morgan fingerprint density at radius 1 is 1.55 bits per heavy atom. The zero-order chi connectivity index (χ0) is 8.43. The molecule has 0 unspecified atom stereocenters. The standard InChI is InChI=1S/C8H16ClNO/c1-6-3-7(5-11)4-8(6)10(2)9/h6-8,11H,3-5H2,1-2H3/t6-,7-,8-/m1/s1. The van der Waals surface area contributed by atoms with Crippen molar-refractivity contribution in [3.8, 4) is 0 Å². The van der Waals surface area contributed by atoms with Gasteiger partial charge in [-0.1, -0.05) is 6.92 Å². The monoisotopic (exact) mass is 177 g/mol. The minimum absolute atomic E-state index is 0.311. The van der Waals surface area contributed by atoms with Crippen LogP contribution in [0.25, 0.3) is 0 Å². The third-order valence-corrected chi connectivity index (χ3v) is 2.90. The van der Waals surface area contributed by atoms with Crippen LogP contribution in [-0.4, -0.2) is 29.2 Å². The molecule has 0 radical (unpaired) electrons. The number of aliphatic hydroxyl groups is 1. The molecular weight excluding hydrogens is 162 g/mol. The fourth-order valence-electron chi connectivity index (χ4n) is 2.00. The minimum atomic E-state index is 0.311. The van der Waals surface area contributed by atoms with Crippen LogP contribution in [0.3, 0.4) is 0 Å². The number of halogens is 1. The highest BCUT2D eigenvalue weighted by atomic mass is 35.5. The molecule has 0 spiro atoms. The van der Waals surface area contributed by atoms with Crippen LogP contribution in [0.15, 0.2) is 0 Å². The molecule has 0 aromatic heterocycles. The van der Waals surface area contributed by atoms with Gasteiger partial charge in [0.2, 0.25) is 0 Å². The SMILES string of the molecule is C[C@@H]1C[C@@H](CO)C[C@H]1N(C)Cl. The predicted molar refractivity (Wildman–Crippen MR) is 46.4 cm³/mol. The van der Waals surface area contributed by atoms with Gasteiger partial charge in [0.15, 0.2) is 0 Å². The van der Waals surface area contributed by atoms with E-state index in [2.05, 4.69) is 6.92 Å². The summed E-state index contributed by atoms with van der Waals surface area (Å²) in [6.07, 6.45) is 2.15. The van der Waals surface area contributed by atoms with Crippen LogP contribution in [-0.2, 0) is 0 Å². The maximum absolute atomic E-state index is 8.92. The maximum Gasteiger partial charge on any atom is 0.0459 e. The van der Waals surface area contributed by atoms with E-state index >= 15 is 0 Å². The third kappa shape index (κ3) is 2.08. The Morgan fingerprint density at radius 3 is 2.45 bits per heavy atom. The van der Waals surface area contributed by atoms with Gasteiger partial charge < -0.3 is 5.11 Å². The van der Waals surface area contributed by atoms with Crippen molar-refractivity contribution in [2.24, 2.45) is 11.8 Å². The lowest BCUT2D eigenvalue weighted by atomic mass is 10.1. The van der Waals surface area contributed by atoms with E-state index in [-0.39, 0.29) is 0 Å². The van der Waals surface area contributed by atoms with Crippen molar-refractivity contribution in [2.75, 3.05) is 13.7 Å². The molecule has 0 bridgehead atoms. The molecule has 3 atom stereocenters. The number of hydrogen-bond donors (Lipinski definition) is 1. The lowest BCUT2D eigenvalue weighted by Crippen LogP contribution is -2.25. The molecule has 0 aromatic carbocycles. The van der Waals surface area contributed by atoms with Crippen molar-refractivity contribution < 1.29 is 5.11 Å². The molecule has 0 heterocycles. The number of aliphatic hydroxyl groups excluding tert-OH is 1. The topological polar surface area (TPSA) is 23.5 Å². The summed E-state index contributed by atoms with van der Waals surface area (Å²) in [5, 5.41) is 8.92. The molecule has 1 aliphatic rings. The van der Waals surface area contributed by atoms with E-state index in [1.54, 1.807) is 4.42 Å². The molecule has 11 heavy (non-hydrogen) atoms. The van der Waals surface area contributed by atoms with E-state index in [1.807, 2.05) is 7.05 Å². The van der Waals surface area contributed by atoms with Gasteiger partial charge in [-0.2, -0.15) is 0 Å². The zero-order valence-electron chi connectivity index (χ0n) is 7.13. The van der Waals surface area contributed by atoms with Gasteiger partial charge in [-0.3, -0.25) is 0 Å². The van der Waals surface area contributed by atoms with Gasteiger partial charge in [-0.15, -0.1) is 0 Å². The van der Waals surface area contributed by atoms with Gasteiger partial charge in [0.05, 0.1) is 0 Å². The first-order valence-corrected chi connectivity index (χ1v) is 4.48. The lowest BCUT2D eigenvalue weighted by Gasteiger charge is -2.20. The van der Waals surface area contributed by atoms with Gasteiger partial charge in [0, 0.05) is 19.7 Å². The summed E-state index contributed by atoms with van der Waals surface area (Å²) < 4.78 is 1.75. The smallest absolute Gasteiger partial charge is 0.0459 e. The average molecular weight is 178 g/mol. The fraction of sp³-hybridized carbons (Fsp3) is 1.00. The highest BCUT2D eigenvalue weighted by Crippen LogP contribution is 2.34. The molecule has 1 aliphatic carbocycles. The quantitative estimate of drug-likeness (QED) is 0.646. The predicted octanol–water partition coefficient (Wildman–Crippen LogP) is 1.48. The lowest BCUT2D eigenvalue weighted by molar-refractivity contribution is 0.224.